The van der Waals surface area contributed by atoms with Crippen molar-refractivity contribution in [2.45, 2.75) is 412 Å². The Balaban J connectivity index is 5.24. The highest BCUT2D eigenvalue weighted by atomic mass is 31.2. The molecule has 0 aromatic rings. The fourth-order valence-electron chi connectivity index (χ4n) is 11.5. The molecule has 0 fully saturated rings. The molecule has 558 valence electrons. The molecule has 0 heterocycles. The van der Waals surface area contributed by atoms with E-state index in [0.717, 1.165) is 95.8 Å². The van der Waals surface area contributed by atoms with Crippen LogP contribution in [-0.2, 0) is 65.4 Å². The molecule has 5 atom stereocenters. The molecule has 94 heavy (non-hydrogen) atoms. The first-order valence-corrected chi connectivity index (χ1v) is 42.1. The summed E-state index contributed by atoms with van der Waals surface area (Å²) in [4.78, 5) is 72.8. The number of hydrogen-bond donors (Lipinski definition) is 3. The van der Waals surface area contributed by atoms with Crippen molar-refractivity contribution in [3.05, 3.63) is 0 Å². The van der Waals surface area contributed by atoms with Gasteiger partial charge in [0.1, 0.15) is 19.3 Å². The predicted molar refractivity (Wildman–Crippen MR) is 382 cm³/mol. The van der Waals surface area contributed by atoms with Crippen molar-refractivity contribution in [1.29, 1.82) is 0 Å². The second-order valence-electron chi connectivity index (χ2n) is 27.5. The summed E-state index contributed by atoms with van der Waals surface area (Å²) < 4.78 is 68.5. The van der Waals surface area contributed by atoms with Crippen LogP contribution in [0.5, 0.6) is 0 Å². The van der Waals surface area contributed by atoms with Gasteiger partial charge in [-0.25, -0.2) is 9.13 Å². The van der Waals surface area contributed by atoms with Crippen molar-refractivity contribution in [2.75, 3.05) is 39.6 Å². The summed E-state index contributed by atoms with van der Waals surface area (Å²) in [5, 5.41) is 10.6. The van der Waals surface area contributed by atoms with Crippen molar-refractivity contribution in [2.24, 2.45) is 5.92 Å². The van der Waals surface area contributed by atoms with E-state index in [1.165, 1.54) is 218 Å². The summed E-state index contributed by atoms with van der Waals surface area (Å²) in [5.41, 5.74) is 0. The molecule has 0 bridgehead atoms. The Morgan fingerprint density at radius 1 is 0.287 bits per heavy atom. The summed E-state index contributed by atoms with van der Waals surface area (Å²) in [6.07, 6.45) is 56.7. The van der Waals surface area contributed by atoms with Crippen molar-refractivity contribution in [3.8, 4) is 0 Å². The number of esters is 4. The molecule has 0 radical (unpaired) electrons. The third-order valence-electron chi connectivity index (χ3n) is 17.5. The summed E-state index contributed by atoms with van der Waals surface area (Å²) in [6, 6.07) is 0. The van der Waals surface area contributed by atoms with Gasteiger partial charge in [0.25, 0.3) is 0 Å². The Bertz CT molecular complexity index is 1810. The van der Waals surface area contributed by atoms with Gasteiger partial charge in [0, 0.05) is 25.7 Å². The number of aliphatic hydroxyl groups is 1. The quantitative estimate of drug-likeness (QED) is 0.0222. The molecule has 2 unspecified atom stereocenters. The summed E-state index contributed by atoms with van der Waals surface area (Å²) in [5.74, 6) is -1.31. The number of unbranched alkanes of at least 4 members (excludes halogenated alkanes) is 47. The normalized spacial score (nSPS) is 14.0. The van der Waals surface area contributed by atoms with Crippen LogP contribution in [0.3, 0.4) is 0 Å². The Labute approximate surface area is 575 Å². The van der Waals surface area contributed by atoms with Crippen molar-refractivity contribution in [1.82, 2.24) is 0 Å². The number of carbonyl (C=O) groups excluding carboxylic acids is 4. The average molecular weight is 1380 g/mol. The highest BCUT2D eigenvalue weighted by Gasteiger charge is 2.30. The molecule has 19 heteroatoms. The van der Waals surface area contributed by atoms with E-state index in [1.807, 2.05) is 0 Å². The first-order valence-electron chi connectivity index (χ1n) is 39.1. The number of carbonyl (C=O) groups is 4. The number of hydrogen-bond acceptors (Lipinski definition) is 15. The van der Waals surface area contributed by atoms with E-state index in [1.54, 1.807) is 0 Å². The van der Waals surface area contributed by atoms with Crippen LogP contribution in [0.2, 0.25) is 0 Å². The van der Waals surface area contributed by atoms with Crippen LogP contribution in [0, 0.1) is 5.92 Å². The molecule has 0 saturated heterocycles. The molecular formula is C75H146O17P2. The molecule has 0 aromatic heterocycles. The molecule has 0 aliphatic carbocycles. The highest BCUT2D eigenvalue weighted by molar-refractivity contribution is 7.47. The Hall–Kier alpha value is -1.94. The maximum absolute atomic E-state index is 13.1. The molecule has 17 nitrogen and oxygen atoms in total. The van der Waals surface area contributed by atoms with Gasteiger partial charge in [-0.05, 0) is 31.6 Å². The molecule has 0 saturated carbocycles. The van der Waals surface area contributed by atoms with Crippen LogP contribution in [-0.4, -0.2) is 96.7 Å². The second kappa shape index (κ2) is 68.2. The molecular weight excluding hydrogens is 1230 g/mol. The van der Waals surface area contributed by atoms with Crippen LogP contribution >= 0.6 is 15.6 Å². The number of aliphatic hydroxyl groups excluding tert-OH is 1. The van der Waals surface area contributed by atoms with Crippen LogP contribution in [0.1, 0.15) is 394 Å². The van der Waals surface area contributed by atoms with E-state index < -0.39 is 97.5 Å². The van der Waals surface area contributed by atoms with E-state index in [9.17, 15) is 43.2 Å². The van der Waals surface area contributed by atoms with E-state index in [4.69, 9.17) is 37.0 Å². The number of rotatable bonds is 75. The lowest BCUT2D eigenvalue weighted by molar-refractivity contribution is -0.161. The van der Waals surface area contributed by atoms with E-state index >= 15 is 0 Å². The van der Waals surface area contributed by atoms with Gasteiger partial charge in [0.05, 0.1) is 26.4 Å². The van der Waals surface area contributed by atoms with Gasteiger partial charge in [0.2, 0.25) is 0 Å². The molecule has 3 N–H and O–H groups in total. The maximum atomic E-state index is 13.1. The smallest absolute Gasteiger partial charge is 0.462 e. The fraction of sp³-hybridized carbons (Fsp3) is 0.947. The van der Waals surface area contributed by atoms with Gasteiger partial charge < -0.3 is 33.8 Å². The molecule has 0 aliphatic heterocycles. The minimum atomic E-state index is -4.96. The van der Waals surface area contributed by atoms with E-state index in [0.29, 0.717) is 25.7 Å². The zero-order chi connectivity index (χ0) is 69.1. The molecule has 0 aromatic carbocycles. The fourth-order valence-corrected chi connectivity index (χ4v) is 13.1. The lowest BCUT2D eigenvalue weighted by atomic mass is 10.0. The van der Waals surface area contributed by atoms with Crippen molar-refractivity contribution in [3.63, 3.8) is 0 Å². The predicted octanol–water partition coefficient (Wildman–Crippen LogP) is 22.1. The van der Waals surface area contributed by atoms with Gasteiger partial charge in [0.15, 0.2) is 12.2 Å². The second-order valence-corrected chi connectivity index (χ2v) is 30.4. The van der Waals surface area contributed by atoms with Gasteiger partial charge in [-0.2, -0.15) is 0 Å². The number of phosphoric acid groups is 2. The molecule has 0 rings (SSSR count). The Morgan fingerprint density at radius 3 is 0.723 bits per heavy atom. The zero-order valence-electron chi connectivity index (χ0n) is 61.1. The largest absolute Gasteiger partial charge is 0.472 e. The van der Waals surface area contributed by atoms with Crippen LogP contribution in [0.4, 0.5) is 0 Å². The lowest BCUT2D eigenvalue weighted by Crippen LogP contribution is -2.30. The minimum Gasteiger partial charge on any atom is -0.462 e. The van der Waals surface area contributed by atoms with Crippen molar-refractivity contribution >= 4 is 39.5 Å². The topological polar surface area (TPSA) is 237 Å². The third kappa shape index (κ3) is 68.6. The monoisotopic (exact) mass is 1380 g/mol. The SMILES string of the molecule is CCCCCCCCCCCCCCCC(=O)OC[C@H](COP(=O)(O)OC[C@@H](O)COP(=O)(O)OC[C@@H](COC(=O)CCCCCCCCCCCCC)OC(=O)CCCCCCCCCCCCCC)OC(=O)CCCCCCCCCCCCCCCCCC(C)C. The highest BCUT2D eigenvalue weighted by Crippen LogP contribution is 2.45. The van der Waals surface area contributed by atoms with Crippen molar-refractivity contribution < 1.29 is 80.2 Å². The summed E-state index contributed by atoms with van der Waals surface area (Å²) >= 11 is 0. The van der Waals surface area contributed by atoms with Gasteiger partial charge >= 0.3 is 39.5 Å². The maximum Gasteiger partial charge on any atom is 0.472 e. The van der Waals surface area contributed by atoms with Crippen LogP contribution in [0.15, 0.2) is 0 Å². The van der Waals surface area contributed by atoms with E-state index in [-0.39, 0.29) is 25.7 Å². The van der Waals surface area contributed by atoms with Crippen LogP contribution < -0.4 is 0 Å². The Morgan fingerprint density at radius 2 is 0.489 bits per heavy atom. The Kier molecular flexibility index (Phi) is 66.8. The molecule has 0 amide bonds. The zero-order valence-corrected chi connectivity index (χ0v) is 62.9. The minimum absolute atomic E-state index is 0.108. The lowest BCUT2D eigenvalue weighted by Gasteiger charge is -2.21. The van der Waals surface area contributed by atoms with Crippen LogP contribution in [0.25, 0.3) is 0 Å². The number of phosphoric ester groups is 2. The van der Waals surface area contributed by atoms with E-state index in [2.05, 4.69) is 34.6 Å². The molecule has 0 aliphatic rings. The van der Waals surface area contributed by atoms with Gasteiger partial charge in [-0.15, -0.1) is 0 Å². The summed E-state index contributed by atoms with van der Waals surface area (Å²) in [7, 11) is -9.91. The van der Waals surface area contributed by atoms with Gasteiger partial charge in [-0.1, -0.05) is 343 Å². The third-order valence-corrected chi connectivity index (χ3v) is 19.4. The average Bonchev–Trinajstić information content (AvgIpc) is 3.62. The summed E-state index contributed by atoms with van der Waals surface area (Å²) in [6.45, 7) is 7.31. The first kappa shape index (κ1) is 92.1. The standard InChI is InChI=1S/C75H146O17P2/c1-6-9-12-15-18-21-24-29-35-39-44-49-54-59-73(78)86-65-71(92-75(80)61-56-51-46-41-36-31-28-26-27-30-33-37-42-47-52-57-68(4)5)67-90-94(83,84)88-63-69(76)62-87-93(81,82)89-66-70(64-85-72(77)58-53-48-43-38-32-23-20-17-14-11-8-3)91-74(79)60-55-50-45-40-34-25-22-19-16-13-10-7-2/h68-71,76H,6-67H2,1-5H3,(H,81,82)(H,83,84)/t69-,70+,71+/m0/s1. The first-order chi connectivity index (χ1) is 45.5. The van der Waals surface area contributed by atoms with Gasteiger partial charge in [-0.3, -0.25) is 37.3 Å². The number of ether oxygens (including phenoxy) is 4. The molecule has 0 spiro atoms.